The number of rotatable bonds is 4. The summed E-state index contributed by atoms with van der Waals surface area (Å²) in [5.74, 6) is 0.406. The fourth-order valence-electron chi connectivity index (χ4n) is 2.90. The van der Waals surface area contributed by atoms with Crippen molar-refractivity contribution in [2.24, 2.45) is 0 Å². The summed E-state index contributed by atoms with van der Waals surface area (Å²) in [7, 11) is 0. The van der Waals surface area contributed by atoms with Gasteiger partial charge in [0.05, 0.1) is 16.7 Å². The topological polar surface area (TPSA) is 52.9 Å². The van der Waals surface area contributed by atoms with Crippen molar-refractivity contribution in [2.75, 3.05) is 5.75 Å². The molecule has 23 heavy (non-hydrogen) atoms. The summed E-state index contributed by atoms with van der Waals surface area (Å²) in [6.07, 6.45) is 2.06. The average molecular weight is 320 g/mol. The molecular formula is C19H16N2OS. The highest BCUT2D eigenvalue weighted by atomic mass is 32.2. The molecule has 0 saturated carbocycles. The maximum Gasteiger partial charge on any atom is 0.225 e. The molecule has 0 fully saturated rings. The molecular weight excluding hydrogens is 304 g/mol. The Bertz CT molecular complexity index is 843. The van der Waals surface area contributed by atoms with Crippen molar-refractivity contribution in [1.29, 1.82) is 5.26 Å². The van der Waals surface area contributed by atoms with Crippen molar-refractivity contribution in [3.8, 4) is 6.07 Å². The molecule has 1 amide bonds. The molecule has 0 saturated heterocycles. The molecule has 0 aliphatic carbocycles. The van der Waals surface area contributed by atoms with Crippen LogP contribution in [0.25, 0.3) is 10.8 Å². The third-order valence-electron chi connectivity index (χ3n) is 3.90. The van der Waals surface area contributed by atoms with Gasteiger partial charge in [-0.25, -0.2) is 0 Å². The van der Waals surface area contributed by atoms with Gasteiger partial charge in [-0.3, -0.25) is 4.79 Å². The predicted molar refractivity (Wildman–Crippen MR) is 94.7 cm³/mol. The number of allylic oxidation sites excluding steroid dienone is 1. The number of carbonyl (C=O) groups is 1. The quantitative estimate of drug-likeness (QED) is 0.863. The van der Waals surface area contributed by atoms with Gasteiger partial charge in [-0.15, -0.1) is 18.3 Å². The van der Waals surface area contributed by atoms with Crippen molar-refractivity contribution < 1.29 is 4.79 Å². The van der Waals surface area contributed by atoms with Crippen LogP contribution in [0.3, 0.4) is 0 Å². The van der Waals surface area contributed by atoms with Crippen LogP contribution >= 0.6 is 11.8 Å². The van der Waals surface area contributed by atoms with Gasteiger partial charge in [0, 0.05) is 18.1 Å². The van der Waals surface area contributed by atoms with Crippen LogP contribution in [0, 0.1) is 11.3 Å². The molecule has 1 atom stereocenters. The van der Waals surface area contributed by atoms with Crippen molar-refractivity contribution in [3.63, 3.8) is 0 Å². The Morgan fingerprint density at radius 1 is 1.30 bits per heavy atom. The van der Waals surface area contributed by atoms with E-state index >= 15 is 0 Å². The highest BCUT2D eigenvalue weighted by Gasteiger charge is 2.30. The van der Waals surface area contributed by atoms with Crippen molar-refractivity contribution in [1.82, 2.24) is 5.32 Å². The summed E-state index contributed by atoms with van der Waals surface area (Å²) in [6, 6.07) is 16.4. The van der Waals surface area contributed by atoms with Gasteiger partial charge < -0.3 is 5.32 Å². The van der Waals surface area contributed by atoms with E-state index in [1.165, 1.54) is 11.8 Å². The van der Waals surface area contributed by atoms with Crippen LogP contribution in [0.5, 0.6) is 0 Å². The van der Waals surface area contributed by atoms with Crippen LogP contribution in [0.2, 0.25) is 0 Å². The van der Waals surface area contributed by atoms with Crippen LogP contribution in [-0.4, -0.2) is 11.7 Å². The van der Waals surface area contributed by atoms with Crippen LogP contribution in [-0.2, 0) is 4.79 Å². The standard InChI is InChI=1S/C19H16N2OS/c1-2-10-23-19-17(12-20)16(11-18(22)21-19)15-9-5-7-13-6-3-4-8-14(13)15/h2-9,16H,1,10-11H2,(H,21,22)/t16-/m1/s1. The molecule has 3 rings (SSSR count). The molecule has 0 unspecified atom stereocenters. The number of amides is 1. The van der Waals surface area contributed by atoms with Gasteiger partial charge in [0.15, 0.2) is 0 Å². The van der Waals surface area contributed by atoms with Gasteiger partial charge in [0.25, 0.3) is 0 Å². The number of nitrogens with zero attached hydrogens (tertiary/aromatic N) is 1. The summed E-state index contributed by atoms with van der Waals surface area (Å²) in [6.45, 7) is 3.69. The minimum absolute atomic E-state index is 0.0477. The van der Waals surface area contributed by atoms with Gasteiger partial charge in [-0.05, 0) is 16.3 Å². The van der Waals surface area contributed by atoms with Gasteiger partial charge in [0.1, 0.15) is 0 Å². The van der Waals surface area contributed by atoms with Crippen LogP contribution in [0.1, 0.15) is 17.9 Å². The van der Waals surface area contributed by atoms with E-state index < -0.39 is 0 Å². The second-order valence-corrected chi connectivity index (χ2v) is 6.36. The van der Waals surface area contributed by atoms with Gasteiger partial charge in [0.2, 0.25) is 5.91 Å². The number of nitrogens with one attached hydrogen (secondary N) is 1. The number of carbonyl (C=O) groups excluding carboxylic acids is 1. The molecule has 1 aliphatic rings. The first-order valence-electron chi connectivity index (χ1n) is 7.40. The predicted octanol–water partition coefficient (Wildman–Crippen LogP) is 4.10. The van der Waals surface area contributed by atoms with E-state index in [0.717, 1.165) is 16.3 Å². The molecule has 3 nitrogen and oxygen atoms in total. The minimum Gasteiger partial charge on any atom is -0.320 e. The molecule has 114 valence electrons. The number of thioether (sulfide) groups is 1. The van der Waals surface area contributed by atoms with E-state index in [9.17, 15) is 10.1 Å². The Kier molecular flexibility index (Phi) is 4.50. The van der Waals surface area contributed by atoms with Crippen molar-refractivity contribution in [3.05, 3.63) is 71.3 Å². The zero-order chi connectivity index (χ0) is 16.2. The summed E-state index contributed by atoms with van der Waals surface area (Å²) < 4.78 is 0. The molecule has 0 bridgehead atoms. The lowest BCUT2D eigenvalue weighted by molar-refractivity contribution is -0.120. The van der Waals surface area contributed by atoms with Crippen LogP contribution < -0.4 is 5.32 Å². The van der Waals surface area contributed by atoms with Crippen LogP contribution in [0.15, 0.2) is 65.7 Å². The highest BCUT2D eigenvalue weighted by Crippen LogP contribution is 2.38. The van der Waals surface area contributed by atoms with Gasteiger partial charge in [-0.1, -0.05) is 48.5 Å². The Labute approximate surface area is 139 Å². The lowest BCUT2D eigenvalue weighted by Gasteiger charge is -2.25. The smallest absolute Gasteiger partial charge is 0.225 e. The first kappa shape index (κ1) is 15.4. The van der Waals surface area contributed by atoms with E-state index in [0.29, 0.717) is 22.8 Å². The SMILES string of the molecule is C=CCSC1=C(C#N)[C@@H](c2cccc3ccccc23)CC(=O)N1. The highest BCUT2D eigenvalue weighted by molar-refractivity contribution is 8.03. The fourth-order valence-corrected chi connectivity index (χ4v) is 3.71. The molecule has 1 heterocycles. The van der Waals surface area contributed by atoms with E-state index in [1.54, 1.807) is 6.08 Å². The molecule has 2 aromatic carbocycles. The summed E-state index contributed by atoms with van der Waals surface area (Å²) in [4.78, 5) is 12.1. The molecule has 0 spiro atoms. The second-order valence-electron chi connectivity index (χ2n) is 5.33. The number of hydrogen-bond donors (Lipinski definition) is 1. The van der Waals surface area contributed by atoms with Crippen molar-refractivity contribution >= 4 is 28.4 Å². The largest absolute Gasteiger partial charge is 0.320 e. The number of nitriles is 1. The summed E-state index contributed by atoms with van der Waals surface area (Å²) in [5, 5.41) is 15.4. The monoisotopic (exact) mass is 320 g/mol. The lowest BCUT2D eigenvalue weighted by Crippen LogP contribution is -2.31. The molecule has 4 heteroatoms. The summed E-state index contributed by atoms with van der Waals surface area (Å²) >= 11 is 1.44. The summed E-state index contributed by atoms with van der Waals surface area (Å²) in [5.41, 5.74) is 1.67. The Morgan fingerprint density at radius 3 is 2.87 bits per heavy atom. The maximum absolute atomic E-state index is 12.1. The van der Waals surface area contributed by atoms with E-state index in [-0.39, 0.29) is 11.8 Å². The van der Waals surface area contributed by atoms with E-state index in [4.69, 9.17) is 0 Å². The Morgan fingerprint density at radius 2 is 2.09 bits per heavy atom. The molecule has 2 aromatic rings. The molecule has 0 radical (unpaired) electrons. The Hall–Kier alpha value is -2.51. The van der Waals surface area contributed by atoms with Gasteiger partial charge in [-0.2, -0.15) is 5.26 Å². The third-order valence-corrected chi connectivity index (χ3v) is 4.91. The Balaban J connectivity index is 2.14. The average Bonchev–Trinajstić information content (AvgIpc) is 2.59. The minimum atomic E-state index is -0.202. The number of benzene rings is 2. The zero-order valence-electron chi connectivity index (χ0n) is 12.6. The first-order chi connectivity index (χ1) is 11.2. The number of fused-ring (bicyclic) bond motifs is 1. The van der Waals surface area contributed by atoms with E-state index in [1.807, 2.05) is 42.5 Å². The maximum atomic E-state index is 12.1. The molecule has 1 aliphatic heterocycles. The number of hydrogen-bond acceptors (Lipinski definition) is 3. The normalized spacial score (nSPS) is 17.7. The first-order valence-corrected chi connectivity index (χ1v) is 8.38. The molecule has 0 aromatic heterocycles. The fraction of sp³-hybridized carbons (Fsp3) is 0.158. The van der Waals surface area contributed by atoms with Gasteiger partial charge >= 0.3 is 0 Å². The zero-order valence-corrected chi connectivity index (χ0v) is 13.4. The third kappa shape index (κ3) is 3.01. The van der Waals surface area contributed by atoms with Crippen LogP contribution in [0.4, 0.5) is 0 Å². The van der Waals surface area contributed by atoms with Crippen molar-refractivity contribution in [2.45, 2.75) is 12.3 Å². The molecule has 1 N–H and O–H groups in total. The second kappa shape index (κ2) is 6.72. The lowest BCUT2D eigenvalue weighted by atomic mass is 9.84. The van der Waals surface area contributed by atoms with E-state index in [2.05, 4.69) is 18.0 Å².